The Morgan fingerprint density at radius 1 is 1.64 bits per heavy atom. The van der Waals surface area contributed by atoms with Crippen molar-refractivity contribution in [3.05, 3.63) is 30.1 Å². The Kier molecular flexibility index (Phi) is 5.83. The van der Waals surface area contributed by atoms with E-state index in [2.05, 4.69) is 10.3 Å². The van der Waals surface area contributed by atoms with Crippen molar-refractivity contribution < 1.29 is 4.79 Å². The summed E-state index contributed by atoms with van der Waals surface area (Å²) < 4.78 is 0. The molecule has 0 aliphatic rings. The fourth-order valence-electron chi connectivity index (χ4n) is 1.02. The first kappa shape index (κ1) is 12.9. The number of hydrogen-bond acceptors (Lipinski definition) is 3. The summed E-state index contributed by atoms with van der Waals surface area (Å²) in [6, 6.07) is 5.04. The Labute approximate surface area is 89.3 Å². The van der Waals surface area contributed by atoms with Crippen LogP contribution >= 0.6 is 12.4 Å². The summed E-state index contributed by atoms with van der Waals surface area (Å²) in [5.41, 5.74) is 6.44. The smallest absolute Gasteiger partial charge is 0.237 e. The molecule has 0 aromatic carbocycles. The van der Waals surface area contributed by atoms with Crippen molar-refractivity contribution in [3.63, 3.8) is 0 Å². The Bertz CT molecular complexity index is 279. The number of nitrogens with two attached hydrogens (primary N) is 1. The Morgan fingerprint density at radius 3 is 2.86 bits per heavy atom. The zero-order valence-corrected chi connectivity index (χ0v) is 8.75. The molecule has 1 amide bonds. The van der Waals surface area contributed by atoms with E-state index in [0.29, 0.717) is 6.42 Å². The van der Waals surface area contributed by atoms with Crippen LogP contribution in [0.5, 0.6) is 0 Å². The summed E-state index contributed by atoms with van der Waals surface area (Å²) in [6.07, 6.45) is 2.16. The summed E-state index contributed by atoms with van der Waals surface area (Å²) in [5, 5.41) is 2.49. The highest BCUT2D eigenvalue weighted by molar-refractivity contribution is 5.85. The van der Waals surface area contributed by atoms with Gasteiger partial charge in [-0.2, -0.15) is 0 Å². The molecule has 14 heavy (non-hydrogen) atoms. The third-order valence-corrected chi connectivity index (χ3v) is 1.74. The number of nitrogens with one attached hydrogen (secondary N) is 1. The third-order valence-electron chi connectivity index (χ3n) is 1.74. The molecular formula is C9H14ClN3O. The van der Waals surface area contributed by atoms with Gasteiger partial charge in [0.15, 0.2) is 0 Å². The predicted octanol–water partition coefficient (Wildman–Crippen LogP) is 0.119. The van der Waals surface area contributed by atoms with Gasteiger partial charge < -0.3 is 11.1 Å². The van der Waals surface area contributed by atoms with Gasteiger partial charge in [-0.3, -0.25) is 9.78 Å². The molecule has 1 aromatic heterocycles. The van der Waals surface area contributed by atoms with Crippen LogP contribution in [0.25, 0.3) is 0 Å². The van der Waals surface area contributed by atoms with E-state index in [1.165, 1.54) is 0 Å². The van der Waals surface area contributed by atoms with Crippen LogP contribution in [0, 0.1) is 0 Å². The number of amides is 1. The number of aromatic nitrogens is 1. The van der Waals surface area contributed by atoms with E-state index in [1.807, 2.05) is 18.2 Å². The highest BCUT2D eigenvalue weighted by atomic mass is 35.5. The van der Waals surface area contributed by atoms with Crippen molar-refractivity contribution in [2.24, 2.45) is 5.73 Å². The van der Waals surface area contributed by atoms with Gasteiger partial charge in [-0.15, -0.1) is 12.4 Å². The Balaban J connectivity index is 0.00000169. The van der Waals surface area contributed by atoms with E-state index in [-0.39, 0.29) is 18.3 Å². The zero-order valence-electron chi connectivity index (χ0n) is 7.93. The minimum Gasteiger partial charge on any atom is -0.358 e. The highest BCUT2D eigenvalue weighted by Gasteiger charge is 2.11. The molecule has 1 atom stereocenters. The number of rotatable bonds is 3. The molecule has 0 aliphatic carbocycles. The lowest BCUT2D eigenvalue weighted by molar-refractivity contribution is -0.121. The van der Waals surface area contributed by atoms with Crippen molar-refractivity contribution in [1.29, 1.82) is 0 Å². The lowest BCUT2D eigenvalue weighted by atomic mass is 10.1. The Hall–Kier alpha value is -1.13. The number of likely N-dealkylation sites (N-methyl/N-ethyl adjacent to an activating group) is 1. The van der Waals surface area contributed by atoms with Crippen molar-refractivity contribution in [3.8, 4) is 0 Å². The van der Waals surface area contributed by atoms with Gasteiger partial charge in [-0.05, 0) is 12.1 Å². The van der Waals surface area contributed by atoms with Crippen molar-refractivity contribution in [1.82, 2.24) is 10.3 Å². The molecular weight excluding hydrogens is 202 g/mol. The molecule has 1 aromatic rings. The van der Waals surface area contributed by atoms with Crippen LogP contribution in [0.15, 0.2) is 24.4 Å². The summed E-state index contributed by atoms with van der Waals surface area (Å²) in [4.78, 5) is 15.1. The topological polar surface area (TPSA) is 68.0 Å². The van der Waals surface area contributed by atoms with Gasteiger partial charge in [0.1, 0.15) is 0 Å². The van der Waals surface area contributed by atoms with Gasteiger partial charge in [-0.25, -0.2) is 0 Å². The minimum atomic E-state index is -0.514. The van der Waals surface area contributed by atoms with E-state index in [9.17, 15) is 4.79 Å². The maximum atomic E-state index is 11.1. The predicted molar refractivity (Wildman–Crippen MR) is 57.2 cm³/mol. The molecule has 5 heteroatoms. The average molecular weight is 216 g/mol. The lowest BCUT2D eigenvalue weighted by Gasteiger charge is -2.08. The van der Waals surface area contributed by atoms with Crippen molar-refractivity contribution in [2.45, 2.75) is 12.5 Å². The largest absolute Gasteiger partial charge is 0.358 e. The second kappa shape index (κ2) is 6.34. The molecule has 0 saturated carbocycles. The molecule has 0 unspecified atom stereocenters. The van der Waals surface area contributed by atoms with Crippen LogP contribution in [0.2, 0.25) is 0 Å². The second-order valence-electron chi connectivity index (χ2n) is 2.75. The van der Waals surface area contributed by atoms with Crippen molar-refractivity contribution in [2.75, 3.05) is 7.05 Å². The first-order valence-corrected chi connectivity index (χ1v) is 4.11. The van der Waals surface area contributed by atoms with Gasteiger partial charge in [0.05, 0.1) is 6.04 Å². The van der Waals surface area contributed by atoms with Crippen LogP contribution in [-0.4, -0.2) is 24.0 Å². The number of carbonyl (C=O) groups is 1. The van der Waals surface area contributed by atoms with Crippen LogP contribution in [0.1, 0.15) is 5.69 Å². The van der Waals surface area contributed by atoms with Gasteiger partial charge in [0.2, 0.25) is 5.91 Å². The molecule has 3 N–H and O–H groups in total. The number of hydrogen-bond donors (Lipinski definition) is 2. The van der Waals surface area contributed by atoms with Crippen LogP contribution < -0.4 is 11.1 Å². The van der Waals surface area contributed by atoms with E-state index in [1.54, 1.807) is 13.2 Å². The second-order valence-corrected chi connectivity index (χ2v) is 2.75. The normalized spacial score (nSPS) is 11.3. The molecule has 0 radical (unpaired) electrons. The summed E-state index contributed by atoms with van der Waals surface area (Å²) >= 11 is 0. The average Bonchev–Trinajstić information content (AvgIpc) is 2.18. The number of nitrogens with zero attached hydrogens (tertiary/aromatic N) is 1. The SMILES string of the molecule is CNC(=O)[C@H](N)Cc1ccccn1.Cl. The van der Waals surface area contributed by atoms with E-state index in [4.69, 9.17) is 5.73 Å². The van der Waals surface area contributed by atoms with Gasteiger partial charge >= 0.3 is 0 Å². The summed E-state index contributed by atoms with van der Waals surface area (Å²) in [6.45, 7) is 0. The fraction of sp³-hybridized carbons (Fsp3) is 0.333. The third kappa shape index (κ3) is 3.72. The zero-order chi connectivity index (χ0) is 9.68. The van der Waals surface area contributed by atoms with Gasteiger partial charge in [-0.1, -0.05) is 6.07 Å². The number of carbonyl (C=O) groups excluding carboxylic acids is 1. The molecule has 0 fully saturated rings. The Morgan fingerprint density at radius 2 is 2.36 bits per heavy atom. The number of pyridine rings is 1. The van der Waals surface area contributed by atoms with Gasteiger partial charge in [0.25, 0.3) is 0 Å². The highest BCUT2D eigenvalue weighted by Crippen LogP contribution is 1.97. The summed E-state index contributed by atoms with van der Waals surface area (Å²) in [7, 11) is 1.57. The quantitative estimate of drug-likeness (QED) is 0.753. The van der Waals surface area contributed by atoms with Crippen LogP contribution in [0.3, 0.4) is 0 Å². The lowest BCUT2D eigenvalue weighted by Crippen LogP contribution is -2.40. The van der Waals surface area contributed by atoms with Crippen LogP contribution in [0.4, 0.5) is 0 Å². The molecule has 0 bridgehead atoms. The maximum Gasteiger partial charge on any atom is 0.237 e. The molecule has 4 nitrogen and oxygen atoms in total. The molecule has 0 aliphatic heterocycles. The van der Waals surface area contributed by atoms with Crippen LogP contribution in [-0.2, 0) is 11.2 Å². The standard InChI is InChI=1S/C9H13N3O.ClH/c1-11-9(13)8(10)6-7-4-2-3-5-12-7;/h2-5,8H,6,10H2,1H3,(H,11,13);1H/t8-;/m1./s1. The summed E-state index contributed by atoms with van der Waals surface area (Å²) in [5.74, 6) is -0.161. The first-order chi connectivity index (χ1) is 6.24. The molecule has 78 valence electrons. The minimum absolute atomic E-state index is 0. The first-order valence-electron chi connectivity index (χ1n) is 4.11. The molecule has 0 spiro atoms. The van der Waals surface area contributed by atoms with E-state index < -0.39 is 6.04 Å². The van der Waals surface area contributed by atoms with Gasteiger partial charge in [0, 0.05) is 25.4 Å². The molecule has 1 rings (SSSR count). The van der Waals surface area contributed by atoms with E-state index >= 15 is 0 Å². The monoisotopic (exact) mass is 215 g/mol. The fourth-order valence-corrected chi connectivity index (χ4v) is 1.02. The molecule has 1 heterocycles. The van der Waals surface area contributed by atoms with Crippen molar-refractivity contribution >= 4 is 18.3 Å². The number of halogens is 1. The maximum absolute atomic E-state index is 11.1. The van der Waals surface area contributed by atoms with E-state index in [0.717, 1.165) is 5.69 Å². The molecule has 0 saturated heterocycles.